The normalized spacial score (nSPS) is 22.1. The molecule has 0 spiro atoms. The summed E-state index contributed by atoms with van der Waals surface area (Å²) in [6, 6.07) is 13.6. The van der Waals surface area contributed by atoms with Crippen LogP contribution in [-0.2, 0) is 0 Å². The van der Waals surface area contributed by atoms with Gasteiger partial charge < -0.3 is 10.2 Å². The van der Waals surface area contributed by atoms with Gasteiger partial charge in [0.25, 0.3) is 0 Å². The number of para-hydroxylation sites is 1. The summed E-state index contributed by atoms with van der Waals surface area (Å²) in [6.07, 6.45) is 7.25. The molecule has 1 aromatic carbocycles. The fourth-order valence-corrected chi connectivity index (χ4v) is 4.72. The minimum Gasteiger partial charge on any atom is -0.354 e. The smallest absolute Gasteiger partial charge is 0.183 e. The highest BCUT2D eigenvalue weighted by molar-refractivity contribution is 5.96. The molecule has 2 N–H and O–H groups in total. The van der Waals surface area contributed by atoms with Crippen LogP contribution in [0, 0.1) is 29.2 Å². The molecule has 2 aromatic heterocycles. The first-order valence-electron chi connectivity index (χ1n) is 10.2. The number of hydrogen-bond acceptors (Lipinski definition) is 6. The van der Waals surface area contributed by atoms with Crippen molar-refractivity contribution in [1.82, 2.24) is 20.1 Å². The molecule has 2 unspecified atom stereocenters. The highest BCUT2D eigenvalue weighted by Gasteiger charge is 2.47. The zero-order valence-corrected chi connectivity index (χ0v) is 16.5. The van der Waals surface area contributed by atoms with Crippen molar-refractivity contribution in [2.75, 3.05) is 18.4 Å². The monoisotopic (exact) mass is 398 g/mol. The molecular formula is C23H22N6O. The van der Waals surface area contributed by atoms with Crippen LogP contribution in [0.4, 0.5) is 11.4 Å². The SMILES string of the molecule is N#CN1CC2C[C@H](CC(=O)c3cc(-c4ccncc4Nc4ccccc4)[nH]n3)C2C1. The molecule has 2 aliphatic rings. The Morgan fingerprint density at radius 2 is 2.13 bits per heavy atom. The van der Waals surface area contributed by atoms with E-state index in [1.165, 1.54) is 0 Å². The first-order valence-corrected chi connectivity index (χ1v) is 10.2. The molecule has 30 heavy (non-hydrogen) atoms. The molecule has 3 aromatic rings. The summed E-state index contributed by atoms with van der Waals surface area (Å²) in [4.78, 5) is 18.9. The van der Waals surface area contributed by atoms with Crippen LogP contribution in [0.5, 0.6) is 0 Å². The van der Waals surface area contributed by atoms with Gasteiger partial charge in [-0.1, -0.05) is 18.2 Å². The van der Waals surface area contributed by atoms with E-state index in [4.69, 9.17) is 5.26 Å². The van der Waals surface area contributed by atoms with E-state index in [1.807, 2.05) is 47.4 Å². The third-order valence-corrected chi connectivity index (χ3v) is 6.32. The average molecular weight is 398 g/mol. The number of carbonyl (C=O) groups excluding carboxylic acids is 1. The van der Waals surface area contributed by atoms with E-state index in [1.54, 1.807) is 12.4 Å². The van der Waals surface area contributed by atoms with E-state index in [-0.39, 0.29) is 5.78 Å². The third-order valence-electron chi connectivity index (χ3n) is 6.32. The second kappa shape index (κ2) is 7.64. The maximum atomic E-state index is 12.8. The summed E-state index contributed by atoms with van der Waals surface area (Å²) < 4.78 is 0. The molecule has 7 nitrogen and oxygen atoms in total. The van der Waals surface area contributed by atoms with Gasteiger partial charge in [0, 0.05) is 37.0 Å². The van der Waals surface area contributed by atoms with Crippen LogP contribution >= 0.6 is 0 Å². The maximum absolute atomic E-state index is 12.8. The molecule has 1 saturated carbocycles. The van der Waals surface area contributed by atoms with Crippen molar-refractivity contribution >= 4 is 17.2 Å². The molecule has 1 saturated heterocycles. The van der Waals surface area contributed by atoms with Crippen molar-refractivity contribution < 1.29 is 4.79 Å². The summed E-state index contributed by atoms with van der Waals surface area (Å²) in [5.74, 6) is 1.45. The van der Waals surface area contributed by atoms with Gasteiger partial charge in [0.15, 0.2) is 12.0 Å². The number of nitrogens with zero attached hydrogens (tertiary/aromatic N) is 4. The first-order chi connectivity index (χ1) is 14.7. The lowest BCUT2D eigenvalue weighted by Crippen LogP contribution is -2.36. The van der Waals surface area contributed by atoms with Gasteiger partial charge in [0.1, 0.15) is 5.69 Å². The number of rotatable bonds is 6. The molecule has 3 heterocycles. The van der Waals surface area contributed by atoms with Gasteiger partial charge in [-0.3, -0.25) is 14.9 Å². The minimum atomic E-state index is 0.0583. The lowest BCUT2D eigenvalue weighted by atomic mass is 9.65. The number of fused-ring (bicyclic) bond motifs is 1. The van der Waals surface area contributed by atoms with Crippen LogP contribution < -0.4 is 5.32 Å². The molecular weight excluding hydrogens is 376 g/mol. The number of carbonyl (C=O) groups is 1. The third kappa shape index (κ3) is 3.41. The molecule has 2 fully saturated rings. The molecule has 0 radical (unpaired) electrons. The number of ketones is 1. The van der Waals surface area contributed by atoms with Crippen molar-refractivity contribution in [2.24, 2.45) is 17.8 Å². The molecule has 7 heteroatoms. The number of benzene rings is 1. The van der Waals surface area contributed by atoms with E-state index in [0.29, 0.717) is 29.9 Å². The van der Waals surface area contributed by atoms with Crippen LogP contribution in [0.3, 0.4) is 0 Å². The first kappa shape index (κ1) is 18.4. The number of hydrogen-bond donors (Lipinski definition) is 2. The summed E-state index contributed by atoms with van der Waals surface area (Å²) >= 11 is 0. The fourth-order valence-electron chi connectivity index (χ4n) is 4.72. The summed E-state index contributed by atoms with van der Waals surface area (Å²) in [7, 11) is 0. The predicted octanol–water partition coefficient (Wildman–Crippen LogP) is 3.84. The number of pyridine rings is 1. The Labute approximate surface area is 174 Å². The Bertz CT molecular complexity index is 1100. The molecule has 150 valence electrons. The second-order valence-corrected chi connectivity index (χ2v) is 8.13. The zero-order valence-electron chi connectivity index (χ0n) is 16.5. The largest absolute Gasteiger partial charge is 0.354 e. The highest BCUT2D eigenvalue weighted by atomic mass is 16.1. The van der Waals surface area contributed by atoms with Gasteiger partial charge in [0.05, 0.1) is 17.6 Å². The number of H-pyrrole nitrogens is 1. The van der Waals surface area contributed by atoms with Gasteiger partial charge in [-0.05, 0) is 48.4 Å². The van der Waals surface area contributed by atoms with Crippen molar-refractivity contribution in [3.8, 4) is 17.5 Å². The van der Waals surface area contributed by atoms with Crippen LogP contribution in [-0.4, -0.2) is 39.0 Å². The molecule has 1 aliphatic heterocycles. The number of nitriles is 1. The van der Waals surface area contributed by atoms with Crippen molar-refractivity contribution in [3.63, 3.8) is 0 Å². The molecule has 5 rings (SSSR count). The highest BCUT2D eigenvalue weighted by Crippen LogP contribution is 2.47. The van der Waals surface area contributed by atoms with Gasteiger partial charge in [-0.2, -0.15) is 10.4 Å². The Balaban J connectivity index is 1.29. The number of nitrogens with one attached hydrogen (secondary N) is 2. The van der Waals surface area contributed by atoms with Gasteiger partial charge in [-0.15, -0.1) is 0 Å². The number of likely N-dealkylation sites (tertiary alicyclic amines) is 1. The lowest BCUT2D eigenvalue weighted by molar-refractivity contribution is 0.0775. The molecule has 1 aliphatic carbocycles. The molecule has 0 amide bonds. The number of Topliss-reactive ketones (excluding diaryl/α,β-unsaturated/α-hetero) is 1. The van der Waals surface area contributed by atoms with Crippen LogP contribution in [0.25, 0.3) is 11.3 Å². The Morgan fingerprint density at radius 3 is 2.97 bits per heavy atom. The van der Waals surface area contributed by atoms with Crippen molar-refractivity contribution in [2.45, 2.75) is 12.8 Å². The van der Waals surface area contributed by atoms with E-state index < -0.39 is 0 Å². The second-order valence-electron chi connectivity index (χ2n) is 8.13. The summed E-state index contributed by atoms with van der Waals surface area (Å²) in [5.41, 5.74) is 3.96. The number of anilines is 2. The minimum absolute atomic E-state index is 0.0583. The zero-order chi connectivity index (χ0) is 20.5. The topological polar surface area (TPSA) is 97.7 Å². The van der Waals surface area contributed by atoms with E-state index >= 15 is 0 Å². The number of aromatic amines is 1. The quantitative estimate of drug-likeness (QED) is 0.484. The fraction of sp³-hybridized carbons (Fsp3) is 0.304. The standard InChI is InChI=1S/C23H22N6O/c24-14-29-12-16-8-15(19(16)13-29)9-23(30)21-10-20(27-28-21)18-6-7-25-11-22(18)26-17-4-2-1-3-5-17/h1-7,10-11,15-16,19,26H,8-9,12-13H2,(H,27,28)/t15-,16?,19?/m1/s1. The van der Waals surface area contributed by atoms with Crippen LogP contribution in [0.15, 0.2) is 54.9 Å². The Morgan fingerprint density at radius 1 is 1.27 bits per heavy atom. The van der Waals surface area contributed by atoms with E-state index in [2.05, 4.69) is 26.7 Å². The summed E-state index contributed by atoms with van der Waals surface area (Å²) in [6.45, 7) is 1.63. The van der Waals surface area contributed by atoms with Crippen molar-refractivity contribution in [1.29, 1.82) is 5.26 Å². The van der Waals surface area contributed by atoms with Crippen LogP contribution in [0.2, 0.25) is 0 Å². The summed E-state index contributed by atoms with van der Waals surface area (Å²) in [5, 5.41) is 19.8. The number of aromatic nitrogens is 3. The Kier molecular flexibility index (Phi) is 4.68. The van der Waals surface area contributed by atoms with E-state index in [0.717, 1.165) is 42.1 Å². The van der Waals surface area contributed by atoms with Crippen LogP contribution in [0.1, 0.15) is 23.3 Å². The maximum Gasteiger partial charge on any atom is 0.183 e. The van der Waals surface area contributed by atoms with Gasteiger partial charge >= 0.3 is 0 Å². The Hall–Kier alpha value is -3.66. The lowest BCUT2D eigenvalue weighted by Gasteiger charge is -2.38. The van der Waals surface area contributed by atoms with E-state index in [9.17, 15) is 4.79 Å². The van der Waals surface area contributed by atoms with Gasteiger partial charge in [-0.25, -0.2) is 0 Å². The van der Waals surface area contributed by atoms with Crippen molar-refractivity contribution in [3.05, 3.63) is 60.6 Å². The predicted molar refractivity (Wildman–Crippen MR) is 113 cm³/mol. The molecule has 3 atom stereocenters. The molecule has 0 bridgehead atoms. The average Bonchev–Trinajstić information content (AvgIpc) is 3.38. The van der Waals surface area contributed by atoms with Gasteiger partial charge in [0.2, 0.25) is 0 Å².